The summed E-state index contributed by atoms with van der Waals surface area (Å²) < 4.78 is 0. The molecular weight excluding hydrogens is 476 g/mol. The third kappa shape index (κ3) is 5.88. The van der Waals surface area contributed by atoms with Crippen LogP contribution in [0, 0.1) is 6.92 Å². The maximum atomic E-state index is 12.9. The Morgan fingerprint density at radius 1 is 0.658 bits per heavy atom. The van der Waals surface area contributed by atoms with Crippen LogP contribution >= 0.6 is 0 Å². The van der Waals surface area contributed by atoms with Gasteiger partial charge in [0, 0.05) is 35.5 Å². The van der Waals surface area contributed by atoms with E-state index in [2.05, 4.69) is 30.9 Å². The molecule has 0 radical (unpaired) electrons. The Bertz CT molecular complexity index is 1570. The van der Waals surface area contributed by atoms with Crippen molar-refractivity contribution in [3.8, 4) is 11.1 Å². The van der Waals surface area contributed by atoms with Crippen LogP contribution < -0.4 is 16.0 Å². The molecule has 186 valence electrons. The van der Waals surface area contributed by atoms with Crippen LogP contribution in [0.25, 0.3) is 11.1 Å². The highest BCUT2D eigenvalue weighted by Crippen LogP contribution is 2.24. The van der Waals surface area contributed by atoms with E-state index in [1.807, 2.05) is 67.6 Å². The van der Waals surface area contributed by atoms with Gasteiger partial charge in [0.05, 0.1) is 17.4 Å². The molecule has 0 atom stereocenters. The third-order valence-corrected chi connectivity index (χ3v) is 5.82. The number of hydrogen-bond acceptors (Lipinski definition) is 6. The fraction of sp³-hybridized carbons (Fsp3) is 0.0333. The highest BCUT2D eigenvalue weighted by Gasteiger charge is 2.12. The minimum absolute atomic E-state index is 0.290. The monoisotopic (exact) mass is 500 g/mol. The van der Waals surface area contributed by atoms with Gasteiger partial charge < -0.3 is 16.0 Å². The summed E-state index contributed by atoms with van der Waals surface area (Å²) in [6.45, 7) is 1.95. The summed E-state index contributed by atoms with van der Waals surface area (Å²) >= 11 is 0. The van der Waals surface area contributed by atoms with E-state index in [4.69, 9.17) is 0 Å². The predicted octanol–water partition coefficient (Wildman–Crippen LogP) is 6.10. The number of nitrogens with zero attached hydrogens (tertiary/aromatic N) is 3. The van der Waals surface area contributed by atoms with Crippen molar-refractivity contribution in [2.75, 3.05) is 16.0 Å². The quantitative estimate of drug-likeness (QED) is 0.249. The summed E-state index contributed by atoms with van der Waals surface area (Å²) in [6.07, 6.45) is 6.25. The van der Waals surface area contributed by atoms with Crippen LogP contribution in [0.1, 0.15) is 26.3 Å². The molecule has 3 aromatic carbocycles. The van der Waals surface area contributed by atoms with Crippen molar-refractivity contribution in [2.24, 2.45) is 0 Å². The first-order chi connectivity index (χ1) is 18.5. The van der Waals surface area contributed by atoms with E-state index in [0.29, 0.717) is 28.5 Å². The van der Waals surface area contributed by atoms with Gasteiger partial charge in [-0.1, -0.05) is 48.5 Å². The SMILES string of the molecule is Cc1ccc(NC(=O)c2cncc(NC(=O)c3ccc(-c4ccccc4)cc3)c2)cc1Nc1ncccn1. The molecule has 5 rings (SSSR count). The van der Waals surface area contributed by atoms with Gasteiger partial charge in [0.2, 0.25) is 5.95 Å². The van der Waals surface area contributed by atoms with Gasteiger partial charge in [0.15, 0.2) is 0 Å². The number of aromatic nitrogens is 3. The average molecular weight is 501 g/mol. The molecule has 2 amide bonds. The van der Waals surface area contributed by atoms with Crippen LogP contribution in [0.4, 0.5) is 23.0 Å². The highest BCUT2D eigenvalue weighted by molar-refractivity contribution is 6.07. The standard InChI is InChI=1S/C30H24N6O2/c1-20-8-13-25(17-27(20)36-30-32-14-5-15-33-30)34-29(38)24-16-26(19-31-18-24)35-28(37)23-11-9-22(10-12-23)21-6-3-2-4-7-21/h2-19H,1H3,(H,34,38)(H,35,37)(H,32,33,36). The van der Waals surface area contributed by atoms with Crippen LogP contribution in [0.2, 0.25) is 0 Å². The number of rotatable bonds is 7. The summed E-state index contributed by atoms with van der Waals surface area (Å²) in [5.74, 6) is -0.186. The number of carbonyl (C=O) groups is 2. The number of carbonyl (C=O) groups excluding carboxylic acids is 2. The Labute approximate surface area is 219 Å². The highest BCUT2D eigenvalue weighted by atomic mass is 16.2. The number of nitrogens with one attached hydrogen (secondary N) is 3. The van der Waals surface area contributed by atoms with Gasteiger partial charge in [-0.2, -0.15) is 0 Å². The molecule has 0 spiro atoms. The lowest BCUT2D eigenvalue weighted by molar-refractivity contribution is 0.101. The van der Waals surface area contributed by atoms with E-state index in [-0.39, 0.29) is 11.8 Å². The lowest BCUT2D eigenvalue weighted by Crippen LogP contribution is -2.15. The number of benzene rings is 3. The first-order valence-electron chi connectivity index (χ1n) is 11.9. The molecule has 2 heterocycles. The second-order valence-electron chi connectivity index (χ2n) is 8.54. The van der Waals surface area contributed by atoms with Crippen molar-refractivity contribution in [3.05, 3.63) is 126 Å². The summed E-state index contributed by atoms with van der Waals surface area (Å²) in [6, 6.07) is 26.1. The van der Waals surface area contributed by atoms with Crippen LogP contribution in [-0.4, -0.2) is 26.8 Å². The molecule has 3 N–H and O–H groups in total. The predicted molar refractivity (Wildman–Crippen MR) is 149 cm³/mol. The lowest BCUT2D eigenvalue weighted by Gasteiger charge is -2.12. The Balaban J connectivity index is 1.25. The second kappa shape index (κ2) is 11.1. The molecule has 2 aromatic heterocycles. The number of amides is 2. The molecule has 0 bridgehead atoms. The molecule has 0 unspecified atom stereocenters. The van der Waals surface area contributed by atoms with E-state index in [9.17, 15) is 9.59 Å². The number of anilines is 4. The Morgan fingerprint density at radius 2 is 1.34 bits per heavy atom. The molecule has 8 nitrogen and oxygen atoms in total. The molecule has 0 aliphatic rings. The van der Waals surface area contributed by atoms with Gasteiger partial charge in [-0.05, 0) is 60.0 Å². The molecule has 0 saturated heterocycles. The van der Waals surface area contributed by atoms with E-state index in [0.717, 1.165) is 22.4 Å². The Hall–Kier alpha value is -5.37. The molecule has 38 heavy (non-hydrogen) atoms. The van der Waals surface area contributed by atoms with Gasteiger partial charge in [0.25, 0.3) is 11.8 Å². The summed E-state index contributed by atoms with van der Waals surface area (Å²) in [4.78, 5) is 38.2. The van der Waals surface area contributed by atoms with Crippen molar-refractivity contribution in [3.63, 3.8) is 0 Å². The zero-order valence-corrected chi connectivity index (χ0v) is 20.6. The molecule has 0 aliphatic heterocycles. The summed E-state index contributed by atoms with van der Waals surface area (Å²) in [5, 5.41) is 8.84. The van der Waals surface area contributed by atoms with Crippen molar-refractivity contribution >= 4 is 34.8 Å². The molecule has 0 aliphatic carbocycles. The van der Waals surface area contributed by atoms with Crippen molar-refractivity contribution in [1.82, 2.24) is 15.0 Å². The minimum atomic E-state index is -0.355. The van der Waals surface area contributed by atoms with Gasteiger partial charge in [0.1, 0.15) is 0 Å². The van der Waals surface area contributed by atoms with Crippen molar-refractivity contribution < 1.29 is 9.59 Å². The first-order valence-corrected chi connectivity index (χ1v) is 11.9. The van der Waals surface area contributed by atoms with E-state index in [1.54, 1.807) is 36.7 Å². The second-order valence-corrected chi connectivity index (χ2v) is 8.54. The van der Waals surface area contributed by atoms with Crippen LogP contribution in [0.15, 0.2) is 110 Å². The lowest BCUT2D eigenvalue weighted by atomic mass is 10.0. The van der Waals surface area contributed by atoms with Crippen LogP contribution in [0.5, 0.6) is 0 Å². The first kappa shape index (κ1) is 24.3. The van der Waals surface area contributed by atoms with Gasteiger partial charge >= 0.3 is 0 Å². The topological polar surface area (TPSA) is 109 Å². The van der Waals surface area contributed by atoms with E-state index >= 15 is 0 Å². The molecule has 0 fully saturated rings. The molecule has 0 saturated carbocycles. The zero-order chi connectivity index (χ0) is 26.3. The smallest absolute Gasteiger partial charge is 0.257 e. The molecule has 5 aromatic rings. The maximum absolute atomic E-state index is 12.9. The summed E-state index contributed by atoms with van der Waals surface area (Å²) in [5.41, 5.74) is 5.66. The maximum Gasteiger partial charge on any atom is 0.257 e. The minimum Gasteiger partial charge on any atom is -0.324 e. The number of pyridine rings is 1. The summed E-state index contributed by atoms with van der Waals surface area (Å²) in [7, 11) is 0. The van der Waals surface area contributed by atoms with Crippen LogP contribution in [-0.2, 0) is 0 Å². The normalized spacial score (nSPS) is 10.4. The fourth-order valence-electron chi connectivity index (χ4n) is 3.80. The average Bonchev–Trinajstić information content (AvgIpc) is 2.96. The van der Waals surface area contributed by atoms with Gasteiger partial charge in [-0.15, -0.1) is 0 Å². The van der Waals surface area contributed by atoms with Gasteiger partial charge in [-0.25, -0.2) is 9.97 Å². The van der Waals surface area contributed by atoms with Crippen LogP contribution in [0.3, 0.4) is 0 Å². The third-order valence-electron chi connectivity index (χ3n) is 5.82. The Morgan fingerprint density at radius 3 is 2.11 bits per heavy atom. The molecule has 8 heteroatoms. The fourth-order valence-corrected chi connectivity index (χ4v) is 3.80. The number of aryl methyl sites for hydroxylation is 1. The van der Waals surface area contributed by atoms with E-state index in [1.165, 1.54) is 12.4 Å². The molecular formula is C30H24N6O2. The van der Waals surface area contributed by atoms with E-state index < -0.39 is 0 Å². The van der Waals surface area contributed by atoms with Gasteiger partial charge in [-0.3, -0.25) is 14.6 Å². The zero-order valence-electron chi connectivity index (χ0n) is 20.6. The largest absolute Gasteiger partial charge is 0.324 e. The van der Waals surface area contributed by atoms with Crippen molar-refractivity contribution in [1.29, 1.82) is 0 Å². The van der Waals surface area contributed by atoms with Crippen molar-refractivity contribution in [2.45, 2.75) is 6.92 Å². The number of hydrogen-bond donors (Lipinski definition) is 3. The Kier molecular flexibility index (Phi) is 7.13.